The Hall–Kier alpha value is -0.540. The van der Waals surface area contributed by atoms with E-state index >= 15 is 0 Å². The fourth-order valence-corrected chi connectivity index (χ4v) is 2.28. The number of aryl methyl sites for hydroxylation is 1. The fraction of sp³-hybridized carbons (Fsp3) is 0.583. The molecule has 3 heteroatoms. The molecular formula is C12H18N2S. The Morgan fingerprint density at radius 3 is 3.07 bits per heavy atom. The maximum Gasteiger partial charge on any atom is 0.0404 e. The van der Waals surface area contributed by atoms with E-state index in [1.54, 1.807) is 0 Å². The SMILES string of the molecule is CCc1cncc(SCCNC2CC2)c1. The normalized spacial score (nSPS) is 15.5. The predicted molar refractivity (Wildman–Crippen MR) is 65.4 cm³/mol. The Balaban J connectivity index is 1.71. The molecule has 0 saturated heterocycles. The van der Waals surface area contributed by atoms with Gasteiger partial charge in [-0.1, -0.05) is 6.92 Å². The molecular weight excluding hydrogens is 204 g/mol. The standard InChI is InChI=1S/C12H18N2S/c1-2-10-7-12(9-13-8-10)15-6-5-14-11-3-4-11/h7-9,11,14H,2-6H2,1H3. The monoisotopic (exact) mass is 222 g/mol. The maximum absolute atomic E-state index is 4.24. The van der Waals surface area contributed by atoms with Crippen LogP contribution in [0.25, 0.3) is 0 Å². The highest BCUT2D eigenvalue weighted by atomic mass is 32.2. The third kappa shape index (κ3) is 3.84. The van der Waals surface area contributed by atoms with Gasteiger partial charge in [-0.15, -0.1) is 11.8 Å². The van der Waals surface area contributed by atoms with Gasteiger partial charge in [-0.3, -0.25) is 4.98 Å². The highest BCUT2D eigenvalue weighted by Gasteiger charge is 2.19. The second kappa shape index (κ2) is 5.52. The molecule has 0 radical (unpaired) electrons. The lowest BCUT2D eigenvalue weighted by Crippen LogP contribution is -2.19. The number of nitrogens with one attached hydrogen (secondary N) is 1. The minimum atomic E-state index is 0.825. The van der Waals surface area contributed by atoms with Crippen molar-refractivity contribution in [3.63, 3.8) is 0 Å². The van der Waals surface area contributed by atoms with Gasteiger partial charge in [0.25, 0.3) is 0 Å². The van der Waals surface area contributed by atoms with E-state index in [2.05, 4.69) is 23.3 Å². The largest absolute Gasteiger partial charge is 0.313 e. The van der Waals surface area contributed by atoms with Gasteiger partial charge in [0.05, 0.1) is 0 Å². The first kappa shape index (κ1) is 11.0. The summed E-state index contributed by atoms with van der Waals surface area (Å²) in [7, 11) is 0. The lowest BCUT2D eigenvalue weighted by atomic mass is 10.2. The van der Waals surface area contributed by atoms with E-state index in [0.717, 1.165) is 24.8 Å². The third-order valence-electron chi connectivity index (χ3n) is 2.56. The summed E-state index contributed by atoms with van der Waals surface area (Å²) in [6, 6.07) is 3.07. The summed E-state index contributed by atoms with van der Waals surface area (Å²) in [5.41, 5.74) is 1.33. The van der Waals surface area contributed by atoms with Gasteiger partial charge >= 0.3 is 0 Å². The van der Waals surface area contributed by atoms with Crippen LogP contribution < -0.4 is 5.32 Å². The molecule has 1 N–H and O–H groups in total. The number of hydrogen-bond donors (Lipinski definition) is 1. The molecule has 2 rings (SSSR count). The molecule has 0 bridgehead atoms. The molecule has 1 aromatic heterocycles. The van der Waals surface area contributed by atoms with Crippen LogP contribution in [-0.4, -0.2) is 23.3 Å². The second-order valence-electron chi connectivity index (χ2n) is 3.96. The van der Waals surface area contributed by atoms with E-state index in [9.17, 15) is 0 Å². The number of pyridine rings is 1. The smallest absolute Gasteiger partial charge is 0.0404 e. The highest BCUT2D eigenvalue weighted by Crippen LogP contribution is 2.20. The molecule has 1 aliphatic rings. The second-order valence-corrected chi connectivity index (χ2v) is 5.13. The molecule has 1 heterocycles. The molecule has 15 heavy (non-hydrogen) atoms. The zero-order valence-corrected chi connectivity index (χ0v) is 10.0. The van der Waals surface area contributed by atoms with Crippen LogP contribution in [0.15, 0.2) is 23.4 Å². The van der Waals surface area contributed by atoms with Crippen LogP contribution in [0.3, 0.4) is 0 Å². The summed E-state index contributed by atoms with van der Waals surface area (Å²) in [6.45, 7) is 3.28. The van der Waals surface area contributed by atoms with Crippen molar-refractivity contribution in [2.45, 2.75) is 37.1 Å². The molecule has 1 saturated carbocycles. The van der Waals surface area contributed by atoms with Crippen molar-refractivity contribution in [2.75, 3.05) is 12.3 Å². The molecule has 1 aromatic rings. The van der Waals surface area contributed by atoms with Crippen LogP contribution in [0.4, 0.5) is 0 Å². The molecule has 82 valence electrons. The van der Waals surface area contributed by atoms with Crippen LogP contribution in [0.2, 0.25) is 0 Å². The summed E-state index contributed by atoms with van der Waals surface area (Å²) < 4.78 is 0. The first-order valence-electron chi connectivity index (χ1n) is 5.68. The molecule has 0 unspecified atom stereocenters. The Kier molecular flexibility index (Phi) is 4.03. The van der Waals surface area contributed by atoms with Gasteiger partial charge in [0.15, 0.2) is 0 Å². The number of thioether (sulfide) groups is 1. The molecule has 1 aliphatic carbocycles. The predicted octanol–water partition coefficient (Wildman–Crippen LogP) is 2.49. The number of rotatable bonds is 6. The molecule has 0 aliphatic heterocycles. The van der Waals surface area contributed by atoms with Crippen molar-refractivity contribution in [3.8, 4) is 0 Å². The molecule has 0 atom stereocenters. The lowest BCUT2D eigenvalue weighted by molar-refractivity contribution is 0.726. The van der Waals surface area contributed by atoms with E-state index < -0.39 is 0 Å². The number of nitrogens with zero attached hydrogens (tertiary/aromatic N) is 1. The van der Waals surface area contributed by atoms with E-state index in [4.69, 9.17) is 0 Å². The summed E-state index contributed by atoms with van der Waals surface area (Å²) in [6.07, 6.45) is 7.73. The zero-order chi connectivity index (χ0) is 10.5. The Morgan fingerprint density at radius 2 is 2.33 bits per heavy atom. The average molecular weight is 222 g/mol. The first-order chi connectivity index (χ1) is 7.38. The van der Waals surface area contributed by atoms with E-state index in [0.29, 0.717) is 0 Å². The number of aromatic nitrogens is 1. The van der Waals surface area contributed by atoms with Gasteiger partial charge in [0.1, 0.15) is 0 Å². The molecule has 0 amide bonds. The van der Waals surface area contributed by atoms with Crippen molar-refractivity contribution >= 4 is 11.8 Å². The van der Waals surface area contributed by atoms with Crippen LogP contribution in [0, 0.1) is 0 Å². The summed E-state index contributed by atoms with van der Waals surface area (Å²) in [5, 5.41) is 3.51. The topological polar surface area (TPSA) is 24.9 Å². The van der Waals surface area contributed by atoms with Crippen LogP contribution in [-0.2, 0) is 6.42 Å². The quantitative estimate of drug-likeness (QED) is 0.591. The third-order valence-corrected chi connectivity index (χ3v) is 3.52. The lowest BCUT2D eigenvalue weighted by Gasteiger charge is -2.04. The van der Waals surface area contributed by atoms with Crippen LogP contribution >= 0.6 is 11.8 Å². The minimum Gasteiger partial charge on any atom is -0.313 e. The van der Waals surface area contributed by atoms with Crippen molar-refractivity contribution in [1.29, 1.82) is 0 Å². The van der Waals surface area contributed by atoms with Gasteiger partial charge < -0.3 is 5.32 Å². The van der Waals surface area contributed by atoms with Crippen LogP contribution in [0.1, 0.15) is 25.3 Å². The van der Waals surface area contributed by atoms with E-state index in [-0.39, 0.29) is 0 Å². The number of hydrogen-bond acceptors (Lipinski definition) is 3. The van der Waals surface area contributed by atoms with Gasteiger partial charge in [-0.05, 0) is 30.9 Å². The Morgan fingerprint density at radius 1 is 1.47 bits per heavy atom. The highest BCUT2D eigenvalue weighted by molar-refractivity contribution is 7.99. The van der Waals surface area contributed by atoms with Crippen LogP contribution in [0.5, 0.6) is 0 Å². The molecule has 0 spiro atoms. The minimum absolute atomic E-state index is 0.825. The van der Waals surface area contributed by atoms with Gasteiger partial charge in [-0.25, -0.2) is 0 Å². The van der Waals surface area contributed by atoms with Gasteiger partial charge in [-0.2, -0.15) is 0 Å². The average Bonchev–Trinajstić information content (AvgIpc) is 3.09. The van der Waals surface area contributed by atoms with Crippen molar-refractivity contribution in [3.05, 3.63) is 24.0 Å². The van der Waals surface area contributed by atoms with Crippen molar-refractivity contribution in [1.82, 2.24) is 10.3 Å². The maximum atomic E-state index is 4.24. The Bertz CT molecular complexity index is 310. The van der Waals surface area contributed by atoms with E-state index in [1.807, 2.05) is 24.2 Å². The van der Waals surface area contributed by atoms with E-state index in [1.165, 1.54) is 23.3 Å². The summed E-state index contributed by atoms with van der Waals surface area (Å²) >= 11 is 1.89. The fourth-order valence-electron chi connectivity index (χ4n) is 1.46. The summed E-state index contributed by atoms with van der Waals surface area (Å²) in [5.74, 6) is 1.14. The molecule has 1 fully saturated rings. The van der Waals surface area contributed by atoms with Crippen molar-refractivity contribution in [2.24, 2.45) is 0 Å². The molecule has 0 aromatic carbocycles. The van der Waals surface area contributed by atoms with Gasteiger partial charge in [0.2, 0.25) is 0 Å². The first-order valence-corrected chi connectivity index (χ1v) is 6.67. The molecule has 2 nitrogen and oxygen atoms in total. The van der Waals surface area contributed by atoms with Crippen molar-refractivity contribution < 1.29 is 0 Å². The Labute approximate surface area is 95.9 Å². The summed E-state index contributed by atoms with van der Waals surface area (Å²) in [4.78, 5) is 5.54. The zero-order valence-electron chi connectivity index (χ0n) is 9.20. The van der Waals surface area contributed by atoms with Gasteiger partial charge in [0, 0.05) is 35.6 Å².